The van der Waals surface area contributed by atoms with Gasteiger partial charge in [-0.15, -0.1) is 22.9 Å². The molecule has 0 spiro atoms. The minimum absolute atomic E-state index is 0.459. The van der Waals surface area contributed by atoms with Gasteiger partial charge in [0.25, 0.3) is 0 Å². The second kappa shape index (κ2) is 5.32. The summed E-state index contributed by atoms with van der Waals surface area (Å²) in [6.45, 7) is 2.56. The van der Waals surface area contributed by atoms with Crippen LogP contribution in [0.2, 0.25) is 0 Å². The van der Waals surface area contributed by atoms with Crippen molar-refractivity contribution in [3.63, 3.8) is 0 Å². The molecule has 2 aromatic rings. The predicted octanol–water partition coefficient (Wildman–Crippen LogP) is 3.77. The van der Waals surface area contributed by atoms with E-state index in [2.05, 4.69) is 11.9 Å². The minimum Gasteiger partial charge on any atom is -0.486 e. The highest BCUT2D eigenvalue weighted by Crippen LogP contribution is 2.16. The van der Waals surface area contributed by atoms with Crippen LogP contribution in [0, 0.1) is 6.92 Å². The molecule has 2 nitrogen and oxygen atoms in total. The lowest BCUT2D eigenvalue weighted by Crippen LogP contribution is -1.95. The Bertz CT molecular complexity index is 452. The first-order valence-corrected chi connectivity index (χ1v) is 6.38. The van der Waals surface area contributed by atoms with E-state index in [0.29, 0.717) is 12.5 Å². The molecule has 0 N–H and O–H groups in total. The van der Waals surface area contributed by atoms with Crippen molar-refractivity contribution < 1.29 is 4.74 Å². The zero-order valence-electron chi connectivity index (χ0n) is 8.94. The van der Waals surface area contributed by atoms with Crippen molar-refractivity contribution in [1.29, 1.82) is 0 Å². The van der Waals surface area contributed by atoms with Crippen LogP contribution in [0.4, 0.5) is 0 Å². The highest BCUT2D eigenvalue weighted by Gasteiger charge is 2.01. The molecule has 1 aromatic carbocycles. The van der Waals surface area contributed by atoms with Gasteiger partial charge in [0.15, 0.2) is 0 Å². The lowest BCUT2D eigenvalue weighted by atomic mass is 10.2. The molecule has 4 heteroatoms. The Morgan fingerprint density at radius 2 is 2.06 bits per heavy atom. The quantitative estimate of drug-likeness (QED) is 0.774. The number of alkyl halides is 1. The molecular formula is C12H12ClNOS. The number of aromatic nitrogens is 1. The van der Waals surface area contributed by atoms with Crippen LogP contribution >= 0.6 is 22.9 Å². The van der Waals surface area contributed by atoms with Gasteiger partial charge in [-0.25, -0.2) is 4.98 Å². The average molecular weight is 254 g/mol. The summed E-state index contributed by atoms with van der Waals surface area (Å²) in [5, 5.41) is 2.91. The second-order valence-electron chi connectivity index (χ2n) is 3.47. The number of hydrogen-bond donors (Lipinski definition) is 0. The Morgan fingerprint density at radius 3 is 2.69 bits per heavy atom. The van der Waals surface area contributed by atoms with Gasteiger partial charge in [0.2, 0.25) is 0 Å². The van der Waals surface area contributed by atoms with Crippen LogP contribution < -0.4 is 4.74 Å². The molecule has 0 amide bonds. The third-order valence-electron chi connectivity index (χ3n) is 2.12. The van der Waals surface area contributed by atoms with Crippen LogP contribution in [0.1, 0.15) is 16.3 Å². The summed E-state index contributed by atoms with van der Waals surface area (Å²) in [7, 11) is 0. The largest absolute Gasteiger partial charge is 0.486 e. The lowest BCUT2D eigenvalue weighted by molar-refractivity contribution is 0.305. The van der Waals surface area contributed by atoms with Gasteiger partial charge >= 0.3 is 0 Å². The molecule has 0 aliphatic rings. The van der Waals surface area contributed by atoms with E-state index in [1.54, 1.807) is 11.3 Å². The van der Waals surface area contributed by atoms with Crippen molar-refractivity contribution in [1.82, 2.24) is 4.98 Å². The molecular weight excluding hydrogens is 242 g/mol. The average Bonchev–Trinajstić information content (AvgIpc) is 2.76. The highest BCUT2D eigenvalue weighted by atomic mass is 35.5. The number of thiazole rings is 1. The molecule has 16 heavy (non-hydrogen) atoms. The van der Waals surface area contributed by atoms with Crippen LogP contribution in [0.5, 0.6) is 5.75 Å². The highest BCUT2D eigenvalue weighted by molar-refractivity contribution is 7.09. The first-order valence-electron chi connectivity index (χ1n) is 4.96. The Labute approximate surface area is 104 Å². The Morgan fingerprint density at radius 1 is 1.31 bits per heavy atom. The predicted molar refractivity (Wildman–Crippen MR) is 67.2 cm³/mol. The van der Waals surface area contributed by atoms with E-state index in [-0.39, 0.29) is 0 Å². The fourth-order valence-electron chi connectivity index (χ4n) is 1.26. The molecule has 1 aromatic heterocycles. The molecule has 0 radical (unpaired) electrons. The molecule has 0 aliphatic carbocycles. The van der Waals surface area contributed by atoms with Crippen molar-refractivity contribution >= 4 is 22.9 Å². The number of benzene rings is 1. The second-order valence-corrected chi connectivity index (χ2v) is 4.68. The number of halogens is 1. The maximum atomic E-state index is 5.68. The maximum Gasteiger partial charge on any atom is 0.140 e. The summed E-state index contributed by atoms with van der Waals surface area (Å²) >= 11 is 7.25. The molecule has 0 bridgehead atoms. The standard InChI is InChI=1S/C12H12ClNOS/c1-9-2-4-11(5-3-9)15-7-12-14-10(6-13)8-16-12/h2-5,8H,6-7H2,1H3. The number of nitrogens with zero attached hydrogens (tertiary/aromatic N) is 1. The monoisotopic (exact) mass is 253 g/mol. The topological polar surface area (TPSA) is 22.1 Å². The summed E-state index contributed by atoms with van der Waals surface area (Å²) < 4.78 is 5.61. The fraction of sp³-hybridized carbons (Fsp3) is 0.250. The van der Waals surface area contributed by atoms with Crippen LogP contribution in [-0.4, -0.2) is 4.98 Å². The maximum absolute atomic E-state index is 5.68. The van der Waals surface area contributed by atoms with E-state index >= 15 is 0 Å². The van der Waals surface area contributed by atoms with Crippen LogP contribution in [0.25, 0.3) is 0 Å². The first-order chi connectivity index (χ1) is 7.78. The van der Waals surface area contributed by atoms with Crippen molar-refractivity contribution in [2.75, 3.05) is 0 Å². The molecule has 84 valence electrons. The zero-order valence-corrected chi connectivity index (χ0v) is 10.5. The summed E-state index contributed by atoms with van der Waals surface area (Å²) in [5.41, 5.74) is 2.14. The third kappa shape index (κ3) is 2.97. The van der Waals surface area contributed by atoms with Crippen molar-refractivity contribution in [2.45, 2.75) is 19.4 Å². The molecule has 0 aliphatic heterocycles. The van der Waals surface area contributed by atoms with Crippen LogP contribution in [0.15, 0.2) is 29.6 Å². The van der Waals surface area contributed by atoms with Gasteiger partial charge in [-0.2, -0.15) is 0 Å². The van der Waals surface area contributed by atoms with Crippen molar-refractivity contribution in [3.8, 4) is 5.75 Å². The molecule has 2 rings (SSSR count). The Balaban J connectivity index is 1.94. The molecule has 0 atom stereocenters. The van der Waals surface area contributed by atoms with E-state index < -0.39 is 0 Å². The normalized spacial score (nSPS) is 10.4. The van der Waals surface area contributed by atoms with E-state index in [0.717, 1.165) is 16.5 Å². The number of rotatable bonds is 4. The molecule has 1 heterocycles. The van der Waals surface area contributed by atoms with Gasteiger partial charge in [0, 0.05) is 5.38 Å². The van der Waals surface area contributed by atoms with Gasteiger partial charge in [-0.05, 0) is 19.1 Å². The lowest BCUT2D eigenvalue weighted by Gasteiger charge is -2.03. The van der Waals surface area contributed by atoms with Crippen molar-refractivity contribution in [2.24, 2.45) is 0 Å². The zero-order chi connectivity index (χ0) is 11.4. The SMILES string of the molecule is Cc1ccc(OCc2nc(CCl)cs2)cc1. The Hall–Kier alpha value is -1.06. The number of hydrogen-bond acceptors (Lipinski definition) is 3. The van der Waals surface area contributed by atoms with Gasteiger partial charge < -0.3 is 4.74 Å². The molecule has 0 saturated carbocycles. The Kier molecular flexibility index (Phi) is 3.80. The van der Waals surface area contributed by atoms with E-state index in [1.807, 2.05) is 29.6 Å². The minimum atomic E-state index is 0.459. The molecule has 0 unspecified atom stereocenters. The summed E-state index contributed by atoms with van der Waals surface area (Å²) in [5.74, 6) is 1.33. The molecule has 0 saturated heterocycles. The van der Waals surface area contributed by atoms with Gasteiger partial charge in [-0.1, -0.05) is 17.7 Å². The first kappa shape index (κ1) is 11.4. The molecule has 0 fully saturated rings. The van der Waals surface area contributed by atoms with E-state index in [9.17, 15) is 0 Å². The van der Waals surface area contributed by atoms with Crippen LogP contribution in [0.3, 0.4) is 0 Å². The summed E-state index contributed by atoms with van der Waals surface area (Å²) in [6, 6.07) is 7.99. The smallest absolute Gasteiger partial charge is 0.140 e. The summed E-state index contributed by atoms with van der Waals surface area (Å²) in [6.07, 6.45) is 0. The van der Waals surface area contributed by atoms with Crippen molar-refractivity contribution in [3.05, 3.63) is 45.9 Å². The third-order valence-corrected chi connectivity index (χ3v) is 3.26. The van der Waals surface area contributed by atoms with E-state index in [1.165, 1.54) is 5.56 Å². The number of aryl methyl sites for hydroxylation is 1. The van der Waals surface area contributed by atoms with Gasteiger partial charge in [0.05, 0.1) is 11.6 Å². The van der Waals surface area contributed by atoms with Gasteiger partial charge in [-0.3, -0.25) is 0 Å². The van der Waals surface area contributed by atoms with E-state index in [4.69, 9.17) is 16.3 Å². The van der Waals surface area contributed by atoms with Crippen LogP contribution in [-0.2, 0) is 12.5 Å². The summed E-state index contributed by atoms with van der Waals surface area (Å²) in [4.78, 5) is 4.32. The fourth-order valence-corrected chi connectivity index (χ4v) is 2.19. The number of ether oxygens (including phenoxy) is 1. The van der Waals surface area contributed by atoms with Gasteiger partial charge in [0.1, 0.15) is 17.4 Å².